The van der Waals surface area contributed by atoms with Crippen LogP contribution >= 0.6 is 0 Å². The molecule has 0 aliphatic carbocycles. The van der Waals surface area contributed by atoms with Crippen molar-refractivity contribution in [3.05, 3.63) is 48.0 Å². The molecule has 1 rings (SSSR count). The zero-order valence-electron chi connectivity index (χ0n) is 11.0. The Hall–Kier alpha value is -0.823. The molecule has 0 aliphatic rings. The van der Waals surface area contributed by atoms with E-state index in [9.17, 15) is 0 Å². The average Bonchev–Trinajstić information content (AvgIpc) is 2.16. The maximum absolute atomic E-state index is 2.44. The second-order valence-electron chi connectivity index (χ2n) is 5.86. The Bertz CT molecular complexity index is 319. The van der Waals surface area contributed by atoms with Gasteiger partial charge in [-0.3, -0.25) is 0 Å². The molecule has 0 bridgehead atoms. The van der Waals surface area contributed by atoms with Crippen molar-refractivity contribution in [3.63, 3.8) is 0 Å². The first-order valence-corrected chi connectivity index (χ1v) is 9.89. The van der Waals surface area contributed by atoms with Gasteiger partial charge in [-0.15, -0.1) is 0 Å². The van der Waals surface area contributed by atoms with Crippen molar-refractivity contribution in [2.75, 3.05) is 0 Å². The fourth-order valence-electron chi connectivity index (χ4n) is 2.08. The van der Waals surface area contributed by atoms with Crippen LogP contribution in [0, 0.1) is 5.92 Å². The third-order valence-corrected chi connectivity index (χ3v) is 4.46. The lowest BCUT2D eigenvalue weighted by Crippen LogP contribution is -2.21. The molecule has 0 fully saturated rings. The molecule has 0 aromatic heterocycles. The minimum absolute atomic E-state index is 0.732. The summed E-state index contributed by atoms with van der Waals surface area (Å²) in [5.41, 5.74) is 1.40. The number of hydrogen-bond donors (Lipinski definition) is 0. The molecule has 0 amide bonds. The quantitative estimate of drug-likeness (QED) is 0.507. The molecule has 0 aliphatic heterocycles. The van der Waals surface area contributed by atoms with E-state index in [-0.39, 0.29) is 0 Å². The van der Waals surface area contributed by atoms with Crippen molar-refractivity contribution in [2.24, 2.45) is 5.92 Å². The summed E-state index contributed by atoms with van der Waals surface area (Å²) < 4.78 is 0. The predicted octanol–water partition coefficient (Wildman–Crippen LogP) is 4.76. The number of benzene rings is 1. The molecule has 0 radical (unpaired) electrons. The highest BCUT2D eigenvalue weighted by molar-refractivity contribution is 6.76. The summed E-state index contributed by atoms with van der Waals surface area (Å²) in [7, 11) is -0.901. The molecule has 1 aromatic rings. The van der Waals surface area contributed by atoms with Crippen LogP contribution in [0.3, 0.4) is 0 Å². The summed E-state index contributed by atoms with van der Waals surface area (Å²) in [6.45, 7) is 9.65. The van der Waals surface area contributed by atoms with Crippen molar-refractivity contribution in [2.45, 2.75) is 39.0 Å². The summed E-state index contributed by atoms with van der Waals surface area (Å²) in [6, 6.07) is 12.0. The van der Waals surface area contributed by atoms with Crippen LogP contribution in [0.4, 0.5) is 0 Å². The average molecular weight is 232 g/mol. The predicted molar refractivity (Wildman–Crippen MR) is 76.6 cm³/mol. The molecule has 88 valence electrons. The molecule has 1 heteroatoms. The molecule has 16 heavy (non-hydrogen) atoms. The van der Waals surface area contributed by atoms with E-state index in [4.69, 9.17) is 0 Å². The SMILES string of the molecule is CC(/C=C/Cc1ccccc1)C[Si](C)(C)C. The zero-order chi connectivity index (χ0) is 12.0. The minimum Gasteiger partial charge on any atom is -0.0856 e. The van der Waals surface area contributed by atoms with Crippen molar-refractivity contribution in [1.29, 1.82) is 0 Å². The molecule has 1 unspecified atom stereocenters. The van der Waals surface area contributed by atoms with Crippen molar-refractivity contribution >= 4 is 8.07 Å². The van der Waals surface area contributed by atoms with Crippen LogP contribution in [0.2, 0.25) is 25.7 Å². The monoisotopic (exact) mass is 232 g/mol. The van der Waals surface area contributed by atoms with E-state index >= 15 is 0 Å². The van der Waals surface area contributed by atoms with Gasteiger partial charge in [0.15, 0.2) is 0 Å². The summed E-state index contributed by atoms with van der Waals surface area (Å²) in [5, 5.41) is 0. The van der Waals surface area contributed by atoms with Crippen LogP contribution < -0.4 is 0 Å². The first-order valence-electron chi connectivity index (χ1n) is 6.18. The summed E-state index contributed by atoms with van der Waals surface area (Å²) in [6.07, 6.45) is 5.77. The summed E-state index contributed by atoms with van der Waals surface area (Å²) in [5.74, 6) is 0.732. The fraction of sp³-hybridized carbons (Fsp3) is 0.467. The lowest BCUT2D eigenvalue weighted by molar-refractivity contribution is 0.806. The molecule has 1 atom stereocenters. The topological polar surface area (TPSA) is 0 Å². The van der Waals surface area contributed by atoms with Gasteiger partial charge in [0.25, 0.3) is 0 Å². The number of rotatable bonds is 5. The van der Waals surface area contributed by atoms with Crippen LogP contribution in [0.1, 0.15) is 12.5 Å². The van der Waals surface area contributed by atoms with Gasteiger partial charge < -0.3 is 0 Å². The maximum Gasteiger partial charge on any atom is 0.0448 e. The Morgan fingerprint density at radius 2 is 1.75 bits per heavy atom. The number of allylic oxidation sites excluding steroid dienone is 2. The summed E-state index contributed by atoms with van der Waals surface area (Å²) in [4.78, 5) is 0. The fourth-order valence-corrected chi connectivity index (χ4v) is 4.15. The van der Waals surface area contributed by atoms with Gasteiger partial charge in [-0.05, 0) is 17.9 Å². The van der Waals surface area contributed by atoms with Crippen molar-refractivity contribution in [3.8, 4) is 0 Å². The van der Waals surface area contributed by atoms with Gasteiger partial charge in [-0.2, -0.15) is 0 Å². The van der Waals surface area contributed by atoms with Crippen LogP contribution in [0.15, 0.2) is 42.5 Å². The molecule has 1 aromatic carbocycles. The molecule has 0 spiro atoms. The first kappa shape index (κ1) is 13.2. The molecule has 0 saturated heterocycles. The minimum atomic E-state index is -0.901. The van der Waals surface area contributed by atoms with E-state index in [0.29, 0.717) is 0 Å². The maximum atomic E-state index is 2.44. The van der Waals surface area contributed by atoms with E-state index in [1.54, 1.807) is 0 Å². The van der Waals surface area contributed by atoms with Gasteiger partial charge in [0.1, 0.15) is 0 Å². The second-order valence-corrected chi connectivity index (χ2v) is 11.4. The van der Waals surface area contributed by atoms with E-state index in [0.717, 1.165) is 12.3 Å². The molecular weight excluding hydrogens is 208 g/mol. The van der Waals surface area contributed by atoms with Crippen molar-refractivity contribution in [1.82, 2.24) is 0 Å². The van der Waals surface area contributed by atoms with Gasteiger partial charge in [-0.1, -0.05) is 75.1 Å². The molecule has 0 heterocycles. The standard InChI is InChI=1S/C15H24Si/c1-14(13-16(2,3)4)9-8-12-15-10-6-5-7-11-15/h5-11,14H,12-13H2,1-4H3/b9-8+. The van der Waals surface area contributed by atoms with Crippen LogP contribution in [-0.4, -0.2) is 8.07 Å². The van der Waals surface area contributed by atoms with Crippen LogP contribution in [0.5, 0.6) is 0 Å². The third kappa shape index (κ3) is 5.91. The van der Waals surface area contributed by atoms with Gasteiger partial charge in [0, 0.05) is 8.07 Å². The van der Waals surface area contributed by atoms with Crippen LogP contribution in [0.25, 0.3) is 0 Å². The van der Waals surface area contributed by atoms with E-state index in [1.807, 2.05) is 0 Å². The van der Waals surface area contributed by atoms with Gasteiger partial charge in [0.05, 0.1) is 0 Å². The van der Waals surface area contributed by atoms with E-state index in [1.165, 1.54) is 11.6 Å². The Labute approximate surface area is 101 Å². The van der Waals surface area contributed by atoms with Gasteiger partial charge in [0.2, 0.25) is 0 Å². The Morgan fingerprint density at radius 3 is 2.31 bits per heavy atom. The number of hydrogen-bond acceptors (Lipinski definition) is 0. The van der Waals surface area contributed by atoms with Crippen LogP contribution in [-0.2, 0) is 6.42 Å². The highest BCUT2D eigenvalue weighted by atomic mass is 28.3. The zero-order valence-corrected chi connectivity index (χ0v) is 12.0. The first-order chi connectivity index (χ1) is 7.47. The highest BCUT2D eigenvalue weighted by Crippen LogP contribution is 2.17. The van der Waals surface area contributed by atoms with E-state index < -0.39 is 8.07 Å². The normalized spacial score (nSPS) is 14.2. The largest absolute Gasteiger partial charge is 0.0856 e. The third-order valence-electron chi connectivity index (χ3n) is 2.60. The Kier molecular flexibility index (Phi) is 5.00. The van der Waals surface area contributed by atoms with E-state index in [2.05, 4.69) is 69.0 Å². The lowest BCUT2D eigenvalue weighted by Gasteiger charge is -2.18. The lowest BCUT2D eigenvalue weighted by atomic mass is 10.1. The summed E-state index contributed by atoms with van der Waals surface area (Å²) >= 11 is 0. The Balaban J connectivity index is 2.38. The van der Waals surface area contributed by atoms with Gasteiger partial charge in [-0.25, -0.2) is 0 Å². The molecule has 0 N–H and O–H groups in total. The van der Waals surface area contributed by atoms with Crippen molar-refractivity contribution < 1.29 is 0 Å². The molecular formula is C15H24Si. The smallest absolute Gasteiger partial charge is 0.0448 e. The molecule has 0 saturated carbocycles. The highest BCUT2D eigenvalue weighted by Gasteiger charge is 2.15. The van der Waals surface area contributed by atoms with Gasteiger partial charge >= 0.3 is 0 Å². The molecule has 0 nitrogen and oxygen atoms in total. The Morgan fingerprint density at radius 1 is 1.12 bits per heavy atom. The second kappa shape index (κ2) is 6.05.